The number of hydrogen-bond acceptors (Lipinski definition) is 4. The van der Waals surface area contributed by atoms with Crippen LogP contribution in [-0.2, 0) is 14.4 Å². The molecule has 6 heteroatoms. The second-order valence-corrected chi connectivity index (χ2v) is 7.09. The first kappa shape index (κ1) is 18.9. The lowest BCUT2D eigenvalue weighted by Gasteiger charge is -2.26. The number of nitrogens with zero attached hydrogens (tertiary/aromatic N) is 1. The fraction of sp³-hybridized carbons (Fsp3) is 0.833. The van der Waals surface area contributed by atoms with Crippen LogP contribution in [0, 0.1) is 5.92 Å². The molecule has 1 aliphatic carbocycles. The SMILES string of the molecule is C[C@@H](NC(=O)C(=O)C1CCCCC1)C(=O)NCCN1CCCCC1. The highest BCUT2D eigenvalue weighted by Gasteiger charge is 2.28. The molecule has 0 aromatic carbocycles. The molecule has 2 aliphatic rings. The topological polar surface area (TPSA) is 78.5 Å². The Morgan fingerprint density at radius 2 is 1.62 bits per heavy atom. The molecule has 1 saturated heterocycles. The molecule has 0 radical (unpaired) electrons. The van der Waals surface area contributed by atoms with Crippen molar-refractivity contribution in [2.24, 2.45) is 5.92 Å². The summed E-state index contributed by atoms with van der Waals surface area (Å²) in [6, 6.07) is -0.675. The molecule has 6 nitrogen and oxygen atoms in total. The van der Waals surface area contributed by atoms with E-state index in [0.717, 1.165) is 51.7 Å². The average Bonchev–Trinajstić information content (AvgIpc) is 2.62. The predicted molar refractivity (Wildman–Crippen MR) is 92.5 cm³/mol. The Morgan fingerprint density at radius 3 is 2.29 bits per heavy atom. The summed E-state index contributed by atoms with van der Waals surface area (Å²) in [4.78, 5) is 38.6. The number of carbonyl (C=O) groups is 3. The van der Waals surface area contributed by atoms with Crippen LogP contribution in [0.3, 0.4) is 0 Å². The van der Waals surface area contributed by atoms with E-state index >= 15 is 0 Å². The molecule has 1 aliphatic heterocycles. The number of piperidine rings is 1. The molecule has 2 amide bonds. The zero-order valence-corrected chi connectivity index (χ0v) is 14.8. The zero-order chi connectivity index (χ0) is 17.4. The van der Waals surface area contributed by atoms with E-state index in [1.54, 1.807) is 6.92 Å². The van der Waals surface area contributed by atoms with E-state index in [0.29, 0.717) is 6.54 Å². The largest absolute Gasteiger partial charge is 0.353 e. The van der Waals surface area contributed by atoms with Gasteiger partial charge in [0.2, 0.25) is 11.7 Å². The second-order valence-electron chi connectivity index (χ2n) is 7.09. The number of nitrogens with one attached hydrogen (secondary N) is 2. The maximum absolute atomic E-state index is 12.1. The van der Waals surface area contributed by atoms with Crippen LogP contribution in [0.15, 0.2) is 0 Å². The van der Waals surface area contributed by atoms with Crippen LogP contribution in [0.1, 0.15) is 58.3 Å². The first-order valence-electron chi connectivity index (χ1n) is 9.42. The van der Waals surface area contributed by atoms with Gasteiger partial charge in [-0.25, -0.2) is 0 Å². The van der Waals surface area contributed by atoms with Crippen molar-refractivity contribution in [3.8, 4) is 0 Å². The summed E-state index contributed by atoms with van der Waals surface area (Å²) in [7, 11) is 0. The smallest absolute Gasteiger partial charge is 0.288 e. The van der Waals surface area contributed by atoms with Gasteiger partial charge in [0.1, 0.15) is 6.04 Å². The van der Waals surface area contributed by atoms with Crippen molar-refractivity contribution in [3.05, 3.63) is 0 Å². The van der Waals surface area contributed by atoms with Crippen LogP contribution in [0.2, 0.25) is 0 Å². The van der Waals surface area contributed by atoms with Crippen LogP contribution in [0.4, 0.5) is 0 Å². The van der Waals surface area contributed by atoms with Gasteiger partial charge in [-0.2, -0.15) is 0 Å². The lowest BCUT2D eigenvalue weighted by molar-refractivity contribution is -0.142. The normalized spacial score (nSPS) is 21.0. The van der Waals surface area contributed by atoms with E-state index in [9.17, 15) is 14.4 Å². The highest BCUT2D eigenvalue weighted by molar-refractivity contribution is 6.37. The van der Waals surface area contributed by atoms with Gasteiger partial charge in [0, 0.05) is 19.0 Å². The van der Waals surface area contributed by atoms with E-state index in [2.05, 4.69) is 15.5 Å². The molecule has 0 aromatic heterocycles. The molecular formula is C18H31N3O3. The maximum atomic E-state index is 12.1. The maximum Gasteiger partial charge on any atom is 0.288 e. The average molecular weight is 337 g/mol. The third-order valence-electron chi connectivity index (χ3n) is 5.12. The Kier molecular flexibility index (Phi) is 7.69. The number of amides is 2. The lowest BCUT2D eigenvalue weighted by atomic mass is 9.86. The quantitative estimate of drug-likeness (QED) is 0.685. The summed E-state index contributed by atoms with van der Waals surface area (Å²) in [6.45, 7) is 5.24. The summed E-state index contributed by atoms with van der Waals surface area (Å²) >= 11 is 0. The fourth-order valence-corrected chi connectivity index (χ4v) is 3.56. The highest BCUT2D eigenvalue weighted by atomic mass is 16.2. The minimum Gasteiger partial charge on any atom is -0.353 e. The van der Waals surface area contributed by atoms with Gasteiger partial charge < -0.3 is 15.5 Å². The van der Waals surface area contributed by atoms with Crippen LogP contribution < -0.4 is 10.6 Å². The molecule has 1 saturated carbocycles. The van der Waals surface area contributed by atoms with Crippen molar-refractivity contribution < 1.29 is 14.4 Å². The Hall–Kier alpha value is -1.43. The molecule has 1 atom stereocenters. The summed E-state index contributed by atoms with van der Waals surface area (Å²) in [6.07, 6.45) is 8.49. The summed E-state index contributed by atoms with van der Waals surface area (Å²) < 4.78 is 0. The molecule has 0 aromatic rings. The molecule has 0 bridgehead atoms. The van der Waals surface area contributed by atoms with Gasteiger partial charge in [0.25, 0.3) is 5.91 Å². The standard InChI is InChI=1S/C18H31N3O3/c1-14(17(23)19-10-13-21-11-6-3-7-12-21)20-18(24)16(22)15-8-4-2-5-9-15/h14-15H,2-13H2,1H3,(H,19,23)(H,20,24)/t14-/m1/s1. The van der Waals surface area contributed by atoms with Gasteiger partial charge in [-0.15, -0.1) is 0 Å². The summed E-state index contributed by atoms with van der Waals surface area (Å²) in [5.41, 5.74) is 0. The summed E-state index contributed by atoms with van der Waals surface area (Å²) in [5, 5.41) is 5.40. The van der Waals surface area contributed by atoms with Crippen LogP contribution in [0.5, 0.6) is 0 Å². The Balaban J connectivity index is 1.66. The number of carbonyl (C=O) groups excluding carboxylic acids is 3. The predicted octanol–water partition coefficient (Wildman–Crippen LogP) is 1.24. The van der Waals surface area contributed by atoms with E-state index in [-0.39, 0.29) is 17.6 Å². The Morgan fingerprint density at radius 1 is 1.00 bits per heavy atom. The van der Waals surface area contributed by atoms with E-state index in [1.807, 2.05) is 0 Å². The van der Waals surface area contributed by atoms with E-state index < -0.39 is 11.9 Å². The first-order chi connectivity index (χ1) is 11.6. The van der Waals surface area contributed by atoms with Crippen molar-refractivity contribution in [1.82, 2.24) is 15.5 Å². The second kappa shape index (κ2) is 9.77. The minimum absolute atomic E-state index is 0.159. The molecule has 24 heavy (non-hydrogen) atoms. The third kappa shape index (κ3) is 5.89. The number of rotatable bonds is 7. The van der Waals surface area contributed by atoms with Gasteiger partial charge in [-0.05, 0) is 45.7 Å². The van der Waals surface area contributed by atoms with Crippen molar-refractivity contribution >= 4 is 17.6 Å². The fourth-order valence-electron chi connectivity index (χ4n) is 3.56. The molecule has 2 rings (SSSR count). The molecule has 0 spiro atoms. The first-order valence-corrected chi connectivity index (χ1v) is 9.42. The van der Waals surface area contributed by atoms with Crippen LogP contribution >= 0.6 is 0 Å². The van der Waals surface area contributed by atoms with E-state index in [1.165, 1.54) is 19.3 Å². The number of likely N-dealkylation sites (tertiary alicyclic amines) is 1. The monoisotopic (exact) mass is 337 g/mol. The number of Topliss-reactive ketones (excluding diaryl/α,β-unsaturated/α-hetero) is 1. The zero-order valence-electron chi connectivity index (χ0n) is 14.8. The van der Waals surface area contributed by atoms with Crippen LogP contribution in [0.25, 0.3) is 0 Å². The van der Waals surface area contributed by atoms with Crippen molar-refractivity contribution in [3.63, 3.8) is 0 Å². The van der Waals surface area contributed by atoms with Gasteiger partial charge in [-0.1, -0.05) is 25.7 Å². The minimum atomic E-state index is -0.675. The molecule has 2 fully saturated rings. The highest BCUT2D eigenvalue weighted by Crippen LogP contribution is 2.24. The summed E-state index contributed by atoms with van der Waals surface area (Å²) in [5.74, 6) is -1.35. The van der Waals surface area contributed by atoms with Gasteiger partial charge >= 0.3 is 0 Å². The number of hydrogen-bond donors (Lipinski definition) is 2. The van der Waals surface area contributed by atoms with Gasteiger partial charge in [0.05, 0.1) is 0 Å². The van der Waals surface area contributed by atoms with Crippen molar-refractivity contribution in [2.75, 3.05) is 26.2 Å². The molecule has 0 unspecified atom stereocenters. The van der Waals surface area contributed by atoms with Gasteiger partial charge in [0.15, 0.2) is 0 Å². The number of ketones is 1. The Bertz CT molecular complexity index is 441. The van der Waals surface area contributed by atoms with E-state index in [4.69, 9.17) is 0 Å². The molecular weight excluding hydrogens is 306 g/mol. The van der Waals surface area contributed by atoms with Crippen molar-refractivity contribution in [2.45, 2.75) is 64.3 Å². The van der Waals surface area contributed by atoms with Crippen LogP contribution in [-0.4, -0.2) is 54.7 Å². The third-order valence-corrected chi connectivity index (χ3v) is 5.12. The van der Waals surface area contributed by atoms with Crippen molar-refractivity contribution in [1.29, 1.82) is 0 Å². The van der Waals surface area contributed by atoms with Gasteiger partial charge in [-0.3, -0.25) is 14.4 Å². The molecule has 136 valence electrons. The lowest BCUT2D eigenvalue weighted by Crippen LogP contribution is -2.49. The molecule has 2 N–H and O–H groups in total. The molecule has 1 heterocycles. The Labute approximate surface area is 144 Å².